The Bertz CT molecular complexity index is 543. The zero-order valence-corrected chi connectivity index (χ0v) is 15.8. The number of nitrogens with one attached hydrogen (secondary N) is 1. The van der Waals surface area contributed by atoms with Crippen LogP contribution in [0.15, 0.2) is 30.3 Å². The van der Waals surface area contributed by atoms with Gasteiger partial charge in [-0.15, -0.1) is 0 Å². The van der Waals surface area contributed by atoms with E-state index in [0.29, 0.717) is 18.4 Å². The van der Waals surface area contributed by atoms with Gasteiger partial charge in [0, 0.05) is 32.8 Å². The Hall–Kier alpha value is -1.59. The fraction of sp³-hybridized carbons (Fsp3) is 0.667. The first kappa shape index (κ1) is 19.2. The normalized spacial score (nSPS) is 22.3. The second-order valence-electron chi connectivity index (χ2n) is 7.75. The summed E-state index contributed by atoms with van der Waals surface area (Å²) in [6, 6.07) is 10.7. The van der Waals surface area contributed by atoms with Crippen LogP contribution in [0, 0.1) is 5.92 Å². The maximum Gasteiger partial charge on any atom is 0.317 e. The van der Waals surface area contributed by atoms with E-state index in [-0.39, 0.29) is 6.03 Å². The van der Waals surface area contributed by atoms with Crippen LogP contribution in [0.5, 0.6) is 0 Å². The van der Waals surface area contributed by atoms with E-state index in [0.717, 1.165) is 65.0 Å². The number of likely N-dealkylation sites (tertiary alicyclic amines) is 2. The largest absolute Gasteiger partial charge is 0.396 e. The minimum absolute atomic E-state index is 0.0865. The molecule has 5 nitrogen and oxygen atoms in total. The number of carbonyl (C=O) groups is 1. The molecule has 0 aliphatic carbocycles. The Kier molecular flexibility index (Phi) is 7.32. The zero-order chi connectivity index (χ0) is 18.2. The highest BCUT2D eigenvalue weighted by atomic mass is 16.3. The third kappa shape index (κ3) is 5.45. The minimum atomic E-state index is 0.0865. The van der Waals surface area contributed by atoms with Crippen molar-refractivity contribution in [3.05, 3.63) is 35.9 Å². The highest BCUT2D eigenvalue weighted by Gasteiger charge is 2.23. The van der Waals surface area contributed by atoms with Gasteiger partial charge >= 0.3 is 6.03 Å². The molecule has 26 heavy (non-hydrogen) atoms. The molecule has 1 atom stereocenters. The third-order valence-corrected chi connectivity index (χ3v) is 5.84. The molecule has 2 heterocycles. The van der Waals surface area contributed by atoms with Crippen molar-refractivity contribution in [2.75, 3.05) is 45.9 Å². The molecular formula is C21H33N3O2. The van der Waals surface area contributed by atoms with Crippen LogP contribution in [0.4, 0.5) is 4.79 Å². The predicted molar refractivity (Wildman–Crippen MR) is 104 cm³/mol. The van der Waals surface area contributed by atoms with Gasteiger partial charge in [0.2, 0.25) is 0 Å². The monoisotopic (exact) mass is 359 g/mol. The molecule has 2 N–H and O–H groups in total. The number of hydrogen-bond acceptors (Lipinski definition) is 3. The van der Waals surface area contributed by atoms with Crippen molar-refractivity contribution in [2.45, 2.75) is 38.0 Å². The van der Waals surface area contributed by atoms with Crippen molar-refractivity contribution >= 4 is 6.03 Å². The lowest BCUT2D eigenvalue weighted by molar-refractivity contribution is 0.119. The minimum Gasteiger partial charge on any atom is -0.396 e. The van der Waals surface area contributed by atoms with Crippen molar-refractivity contribution in [3.63, 3.8) is 0 Å². The predicted octanol–water partition coefficient (Wildman–Crippen LogP) is 2.67. The van der Waals surface area contributed by atoms with Crippen molar-refractivity contribution in [1.29, 1.82) is 0 Å². The van der Waals surface area contributed by atoms with Crippen LogP contribution in [0.1, 0.15) is 43.6 Å². The molecule has 0 radical (unpaired) electrons. The van der Waals surface area contributed by atoms with Gasteiger partial charge in [0.15, 0.2) is 0 Å². The maximum absolute atomic E-state index is 12.4. The summed E-state index contributed by atoms with van der Waals surface area (Å²) in [7, 11) is 0. The first-order valence-corrected chi connectivity index (χ1v) is 10.2. The molecule has 0 spiro atoms. The molecule has 0 unspecified atom stereocenters. The van der Waals surface area contributed by atoms with Gasteiger partial charge in [-0.1, -0.05) is 30.3 Å². The van der Waals surface area contributed by atoms with Crippen LogP contribution in [0.25, 0.3) is 0 Å². The van der Waals surface area contributed by atoms with Gasteiger partial charge in [0.25, 0.3) is 0 Å². The van der Waals surface area contributed by atoms with Crippen LogP contribution in [0.2, 0.25) is 0 Å². The van der Waals surface area contributed by atoms with E-state index in [9.17, 15) is 9.90 Å². The molecule has 144 valence electrons. The quantitative estimate of drug-likeness (QED) is 0.768. The summed E-state index contributed by atoms with van der Waals surface area (Å²) < 4.78 is 0. The molecule has 0 aromatic heterocycles. The van der Waals surface area contributed by atoms with E-state index < -0.39 is 0 Å². The molecule has 0 saturated carbocycles. The van der Waals surface area contributed by atoms with Gasteiger partial charge in [-0.3, -0.25) is 0 Å². The van der Waals surface area contributed by atoms with E-state index in [4.69, 9.17) is 0 Å². The number of aliphatic hydroxyl groups is 1. The molecule has 0 bridgehead atoms. The first-order chi connectivity index (χ1) is 12.8. The third-order valence-electron chi connectivity index (χ3n) is 5.84. The lowest BCUT2D eigenvalue weighted by atomic mass is 9.90. The number of urea groups is 1. The molecular weight excluding hydrogens is 326 g/mol. The van der Waals surface area contributed by atoms with Crippen LogP contribution >= 0.6 is 0 Å². The molecule has 3 rings (SSSR count). The molecule has 1 aromatic rings. The number of hydrogen-bond donors (Lipinski definition) is 2. The Morgan fingerprint density at radius 1 is 1.12 bits per heavy atom. The van der Waals surface area contributed by atoms with Crippen LogP contribution in [0.3, 0.4) is 0 Å². The van der Waals surface area contributed by atoms with Gasteiger partial charge in [0.05, 0.1) is 0 Å². The van der Waals surface area contributed by atoms with E-state index >= 15 is 0 Å². The number of rotatable bonds is 6. The SMILES string of the molecule is O=C(NCCCN1CCC[C@@H](CO)C1)N1CCC(c2ccccc2)CC1. The molecule has 2 amide bonds. The van der Waals surface area contributed by atoms with E-state index in [1.165, 1.54) is 12.0 Å². The lowest BCUT2D eigenvalue weighted by Crippen LogP contribution is -2.45. The summed E-state index contributed by atoms with van der Waals surface area (Å²) in [6.07, 6.45) is 5.39. The number of carbonyl (C=O) groups excluding carboxylic acids is 1. The summed E-state index contributed by atoms with van der Waals surface area (Å²) in [4.78, 5) is 16.7. The summed E-state index contributed by atoms with van der Waals surface area (Å²) in [5.41, 5.74) is 1.40. The molecule has 2 saturated heterocycles. The van der Waals surface area contributed by atoms with Gasteiger partial charge in [-0.05, 0) is 62.6 Å². The van der Waals surface area contributed by atoms with E-state index in [1.54, 1.807) is 0 Å². The molecule has 5 heteroatoms. The lowest BCUT2D eigenvalue weighted by Gasteiger charge is -2.33. The van der Waals surface area contributed by atoms with Gasteiger partial charge in [-0.2, -0.15) is 0 Å². The van der Waals surface area contributed by atoms with Gasteiger partial charge < -0.3 is 20.2 Å². The average molecular weight is 360 g/mol. The second-order valence-corrected chi connectivity index (χ2v) is 7.75. The van der Waals surface area contributed by atoms with Crippen LogP contribution in [-0.2, 0) is 0 Å². The number of amides is 2. The van der Waals surface area contributed by atoms with E-state index in [2.05, 4.69) is 40.5 Å². The summed E-state index contributed by atoms with van der Waals surface area (Å²) >= 11 is 0. The van der Waals surface area contributed by atoms with Crippen molar-refractivity contribution < 1.29 is 9.90 Å². The van der Waals surface area contributed by atoms with Crippen molar-refractivity contribution in [1.82, 2.24) is 15.1 Å². The van der Waals surface area contributed by atoms with Crippen LogP contribution < -0.4 is 5.32 Å². The van der Waals surface area contributed by atoms with Gasteiger partial charge in [-0.25, -0.2) is 4.79 Å². The fourth-order valence-corrected chi connectivity index (χ4v) is 4.25. The molecule has 2 aliphatic rings. The number of aliphatic hydroxyl groups excluding tert-OH is 1. The molecule has 2 fully saturated rings. The summed E-state index contributed by atoms with van der Waals surface area (Å²) in [5, 5.41) is 12.4. The van der Waals surface area contributed by atoms with Crippen LogP contribution in [-0.4, -0.2) is 66.8 Å². The maximum atomic E-state index is 12.4. The number of piperidine rings is 2. The number of benzene rings is 1. The Labute approximate surface area is 157 Å². The average Bonchev–Trinajstić information content (AvgIpc) is 2.72. The highest BCUT2D eigenvalue weighted by molar-refractivity contribution is 5.74. The smallest absolute Gasteiger partial charge is 0.317 e. The first-order valence-electron chi connectivity index (χ1n) is 10.2. The standard InChI is InChI=1S/C21H33N3O2/c25-17-18-6-4-12-23(16-18)13-5-11-22-21(26)24-14-9-20(10-15-24)19-7-2-1-3-8-19/h1-3,7-8,18,20,25H,4-6,9-17H2,(H,22,26)/t18-/m1/s1. The van der Waals surface area contributed by atoms with E-state index in [1.807, 2.05) is 4.90 Å². The van der Waals surface area contributed by atoms with Gasteiger partial charge in [0.1, 0.15) is 0 Å². The van der Waals surface area contributed by atoms with Crippen molar-refractivity contribution in [2.24, 2.45) is 5.92 Å². The van der Waals surface area contributed by atoms with Crippen molar-refractivity contribution in [3.8, 4) is 0 Å². The fourth-order valence-electron chi connectivity index (χ4n) is 4.25. The Balaban J connectivity index is 1.31. The number of nitrogens with zero attached hydrogens (tertiary/aromatic N) is 2. The Morgan fingerprint density at radius 2 is 1.88 bits per heavy atom. The topological polar surface area (TPSA) is 55.8 Å². The summed E-state index contributed by atoms with van der Waals surface area (Å²) in [5.74, 6) is 1.02. The second kappa shape index (κ2) is 9.93. The molecule has 2 aliphatic heterocycles. The summed E-state index contributed by atoms with van der Waals surface area (Å²) in [6.45, 7) is 5.84. The molecule has 1 aromatic carbocycles. The zero-order valence-electron chi connectivity index (χ0n) is 15.8. The Morgan fingerprint density at radius 3 is 2.62 bits per heavy atom. The highest BCUT2D eigenvalue weighted by Crippen LogP contribution is 2.27.